The third kappa shape index (κ3) is 10.0. The number of hydrogen-bond acceptors (Lipinski definition) is 8. The summed E-state index contributed by atoms with van der Waals surface area (Å²) in [5, 5.41) is 34.1. The van der Waals surface area contributed by atoms with E-state index in [2.05, 4.69) is 16.0 Å². The van der Waals surface area contributed by atoms with Crippen LogP contribution in [0.4, 0.5) is 0 Å². The van der Waals surface area contributed by atoms with Gasteiger partial charge >= 0.3 is 5.97 Å². The summed E-state index contributed by atoms with van der Waals surface area (Å²) in [5.41, 5.74) is 16.5. The molecule has 1 aliphatic rings. The number of carbonyl (C=O) groups excluding carboxylic acids is 3. The zero-order valence-corrected chi connectivity index (χ0v) is 20.2. The molecule has 1 heterocycles. The average Bonchev–Trinajstić information content (AvgIpc) is 3.29. The van der Waals surface area contributed by atoms with Crippen molar-refractivity contribution in [3.8, 4) is 0 Å². The number of unbranched alkanes of at least 4 members (excludes halogenated alkanes) is 1. The molecule has 1 fully saturated rings. The fourth-order valence-corrected chi connectivity index (χ4v) is 3.79. The van der Waals surface area contributed by atoms with Gasteiger partial charge in [0.25, 0.3) is 0 Å². The number of amides is 3. The lowest BCUT2D eigenvalue weighted by atomic mass is 10.1. The molecule has 0 spiro atoms. The van der Waals surface area contributed by atoms with E-state index < -0.39 is 54.0 Å². The summed E-state index contributed by atoms with van der Waals surface area (Å²) in [5.74, 6) is -3.23. The molecule has 35 heavy (non-hydrogen) atoms. The van der Waals surface area contributed by atoms with Crippen LogP contribution in [0, 0.1) is 5.41 Å². The zero-order valence-electron chi connectivity index (χ0n) is 20.2. The van der Waals surface area contributed by atoms with E-state index in [1.54, 1.807) is 0 Å². The van der Waals surface area contributed by atoms with Gasteiger partial charge in [0.15, 0.2) is 5.96 Å². The van der Waals surface area contributed by atoms with Crippen molar-refractivity contribution in [2.45, 2.75) is 82.1 Å². The summed E-state index contributed by atoms with van der Waals surface area (Å²) >= 11 is 0. The van der Waals surface area contributed by atoms with E-state index in [0.717, 1.165) is 0 Å². The smallest absolute Gasteiger partial charge is 0.326 e. The van der Waals surface area contributed by atoms with Crippen LogP contribution in [0.5, 0.6) is 0 Å². The number of aliphatic carboxylic acids is 1. The van der Waals surface area contributed by atoms with Gasteiger partial charge in [0.05, 0.1) is 6.10 Å². The molecule has 0 aromatic heterocycles. The normalized spacial score (nSPS) is 18.7. The minimum Gasteiger partial charge on any atom is -0.480 e. The highest BCUT2D eigenvalue weighted by molar-refractivity contribution is 5.94. The molecule has 1 saturated heterocycles. The van der Waals surface area contributed by atoms with Gasteiger partial charge in [-0.3, -0.25) is 19.8 Å². The molecule has 3 amide bonds. The molecule has 0 radical (unpaired) electrons. The summed E-state index contributed by atoms with van der Waals surface area (Å²) in [4.78, 5) is 51.5. The van der Waals surface area contributed by atoms with Gasteiger partial charge in [0.1, 0.15) is 24.2 Å². The van der Waals surface area contributed by atoms with Gasteiger partial charge in [0.2, 0.25) is 17.7 Å². The van der Waals surface area contributed by atoms with E-state index in [-0.39, 0.29) is 25.3 Å². The Balaban J connectivity index is 2.92. The predicted octanol–water partition coefficient (Wildman–Crippen LogP) is -2.87. The molecule has 200 valence electrons. The van der Waals surface area contributed by atoms with Crippen molar-refractivity contribution in [3.63, 3.8) is 0 Å². The Morgan fingerprint density at radius 2 is 1.77 bits per heavy atom. The number of carboxylic acid groups (broad SMARTS) is 1. The second-order valence-corrected chi connectivity index (χ2v) is 8.68. The third-order valence-electron chi connectivity index (χ3n) is 5.82. The molecule has 1 aliphatic heterocycles. The van der Waals surface area contributed by atoms with Gasteiger partial charge in [-0.15, -0.1) is 0 Å². The topological polar surface area (TPSA) is 250 Å². The lowest BCUT2D eigenvalue weighted by Gasteiger charge is -2.29. The second-order valence-electron chi connectivity index (χ2n) is 8.68. The first-order valence-corrected chi connectivity index (χ1v) is 11.8. The molecule has 0 saturated carbocycles. The number of aliphatic hydroxyl groups excluding tert-OH is 1. The minimum atomic E-state index is -1.20. The molecule has 0 unspecified atom stereocenters. The van der Waals surface area contributed by atoms with E-state index >= 15 is 0 Å². The Hall–Kier alpha value is -2.97. The first kappa shape index (κ1) is 30.1. The summed E-state index contributed by atoms with van der Waals surface area (Å²) in [6, 6.07) is -4.25. The van der Waals surface area contributed by atoms with Gasteiger partial charge in [0, 0.05) is 13.1 Å². The standard InChI is InChI=1S/C21H40N8O6/c1-12(30)16(23)19(33)29-11-5-8-15(29)18(32)27-13(7-4-10-26-21(24)25)17(31)28-14(20(34)35)6-2-3-9-22/h12-16,30H,2-11,22-23H2,1H3,(H,27,32)(H,28,31)(H,34,35)(H4,24,25,26)/t12-,13+,14+,15+,16+/m1/s1. The van der Waals surface area contributed by atoms with Crippen molar-refractivity contribution in [3.05, 3.63) is 0 Å². The SMILES string of the molecule is C[C@@H](O)[C@H](N)C(=O)N1CCC[C@H]1C(=O)N[C@@H](CCCNC(=N)N)C(=O)N[C@@H](CCCCN)C(=O)O. The zero-order chi connectivity index (χ0) is 26.5. The fraction of sp³-hybridized carbons (Fsp3) is 0.762. The highest BCUT2D eigenvalue weighted by Crippen LogP contribution is 2.19. The molecule has 0 aromatic rings. The van der Waals surface area contributed by atoms with E-state index in [0.29, 0.717) is 45.2 Å². The molecular formula is C21H40N8O6. The lowest BCUT2D eigenvalue weighted by Crippen LogP contribution is -2.57. The van der Waals surface area contributed by atoms with Crippen LogP contribution in [0.15, 0.2) is 0 Å². The van der Waals surface area contributed by atoms with Crippen LogP contribution in [0.25, 0.3) is 0 Å². The third-order valence-corrected chi connectivity index (χ3v) is 5.82. The number of likely N-dealkylation sites (tertiary alicyclic amines) is 1. The molecule has 5 atom stereocenters. The van der Waals surface area contributed by atoms with Crippen LogP contribution in [-0.2, 0) is 19.2 Å². The number of hydrogen-bond donors (Lipinski definition) is 9. The van der Waals surface area contributed by atoms with Gasteiger partial charge in [-0.1, -0.05) is 0 Å². The summed E-state index contributed by atoms with van der Waals surface area (Å²) < 4.78 is 0. The van der Waals surface area contributed by atoms with Crippen LogP contribution >= 0.6 is 0 Å². The summed E-state index contributed by atoms with van der Waals surface area (Å²) in [6.45, 7) is 2.34. The van der Waals surface area contributed by atoms with Crippen LogP contribution in [0.3, 0.4) is 0 Å². The molecule has 14 nitrogen and oxygen atoms in total. The molecule has 12 N–H and O–H groups in total. The number of guanidine groups is 1. The molecule has 14 heteroatoms. The van der Waals surface area contributed by atoms with Crippen molar-refractivity contribution in [2.24, 2.45) is 17.2 Å². The van der Waals surface area contributed by atoms with E-state index in [4.69, 9.17) is 22.6 Å². The van der Waals surface area contributed by atoms with Crippen molar-refractivity contribution in [2.75, 3.05) is 19.6 Å². The van der Waals surface area contributed by atoms with Crippen LogP contribution in [0.1, 0.15) is 51.9 Å². The molecule has 0 aliphatic carbocycles. The predicted molar refractivity (Wildman–Crippen MR) is 128 cm³/mol. The molecule has 0 bridgehead atoms. The average molecular weight is 501 g/mol. The Morgan fingerprint density at radius 3 is 2.34 bits per heavy atom. The van der Waals surface area contributed by atoms with Crippen LogP contribution in [-0.4, -0.2) is 94.7 Å². The Labute approximate surface area is 204 Å². The number of nitrogens with one attached hydrogen (secondary N) is 4. The van der Waals surface area contributed by atoms with E-state index in [1.807, 2.05) is 0 Å². The maximum absolute atomic E-state index is 13.1. The second kappa shape index (κ2) is 15.1. The van der Waals surface area contributed by atoms with Gasteiger partial charge in [-0.05, 0) is 58.4 Å². The Morgan fingerprint density at radius 1 is 1.11 bits per heavy atom. The Kier molecular flexibility index (Phi) is 13.0. The van der Waals surface area contributed by atoms with Gasteiger partial charge < -0.3 is 48.3 Å². The van der Waals surface area contributed by atoms with Crippen molar-refractivity contribution in [1.29, 1.82) is 5.41 Å². The van der Waals surface area contributed by atoms with E-state index in [1.165, 1.54) is 11.8 Å². The van der Waals surface area contributed by atoms with Gasteiger partial charge in [-0.2, -0.15) is 0 Å². The first-order chi connectivity index (χ1) is 16.5. The van der Waals surface area contributed by atoms with Crippen LogP contribution in [0.2, 0.25) is 0 Å². The molecular weight excluding hydrogens is 460 g/mol. The largest absolute Gasteiger partial charge is 0.480 e. The number of rotatable bonds is 15. The van der Waals surface area contributed by atoms with Crippen molar-refractivity contribution >= 4 is 29.7 Å². The summed E-state index contributed by atoms with van der Waals surface area (Å²) in [6.07, 6.45) is 1.62. The minimum absolute atomic E-state index is 0.140. The number of nitrogens with two attached hydrogens (primary N) is 3. The summed E-state index contributed by atoms with van der Waals surface area (Å²) in [7, 11) is 0. The van der Waals surface area contributed by atoms with Crippen molar-refractivity contribution < 1.29 is 29.4 Å². The van der Waals surface area contributed by atoms with E-state index in [9.17, 15) is 29.4 Å². The number of nitrogens with zero attached hydrogens (tertiary/aromatic N) is 1. The van der Waals surface area contributed by atoms with Gasteiger partial charge in [-0.25, -0.2) is 4.79 Å². The monoisotopic (exact) mass is 500 g/mol. The molecule has 0 aromatic carbocycles. The highest BCUT2D eigenvalue weighted by atomic mass is 16.4. The van der Waals surface area contributed by atoms with Crippen molar-refractivity contribution in [1.82, 2.24) is 20.9 Å². The number of carboxylic acids is 1. The number of carbonyl (C=O) groups is 4. The first-order valence-electron chi connectivity index (χ1n) is 11.8. The van der Waals surface area contributed by atoms with Crippen LogP contribution < -0.4 is 33.2 Å². The maximum Gasteiger partial charge on any atom is 0.326 e. The fourth-order valence-electron chi connectivity index (χ4n) is 3.79. The Bertz CT molecular complexity index is 749. The number of aliphatic hydroxyl groups is 1. The quantitative estimate of drug-likeness (QED) is 0.0631. The lowest BCUT2D eigenvalue weighted by molar-refractivity contribution is -0.143. The highest BCUT2D eigenvalue weighted by Gasteiger charge is 2.38. The molecule has 1 rings (SSSR count). The maximum atomic E-state index is 13.1.